The van der Waals surface area contributed by atoms with E-state index in [1.54, 1.807) is 29.3 Å². The zero-order valence-electron chi connectivity index (χ0n) is 16.6. The number of ether oxygens (including phenoxy) is 1. The molecule has 1 aromatic carbocycles. The lowest BCUT2D eigenvalue weighted by molar-refractivity contribution is -0.116. The number of hydrogen-bond acceptors (Lipinski definition) is 4. The summed E-state index contributed by atoms with van der Waals surface area (Å²) in [5.74, 6) is 1.32. The second-order valence-electron chi connectivity index (χ2n) is 7.65. The first-order valence-corrected chi connectivity index (χ1v) is 9.36. The molecular weight excluding hydrogens is 352 g/mol. The minimum atomic E-state index is -0.109. The Morgan fingerprint density at radius 2 is 1.75 bits per heavy atom. The van der Waals surface area contributed by atoms with Crippen molar-refractivity contribution < 1.29 is 9.53 Å². The van der Waals surface area contributed by atoms with Crippen molar-refractivity contribution in [3.8, 4) is 5.75 Å². The molecule has 6 nitrogen and oxygen atoms in total. The topological polar surface area (TPSA) is 69.0 Å². The van der Waals surface area contributed by atoms with Gasteiger partial charge in [0.25, 0.3) is 0 Å². The van der Waals surface area contributed by atoms with E-state index in [9.17, 15) is 4.79 Å². The average molecular weight is 378 g/mol. The maximum atomic E-state index is 12.2. The van der Waals surface area contributed by atoms with Gasteiger partial charge in [-0.15, -0.1) is 0 Å². The molecule has 0 atom stereocenters. The number of amides is 1. The molecule has 6 heteroatoms. The van der Waals surface area contributed by atoms with E-state index in [4.69, 9.17) is 4.74 Å². The van der Waals surface area contributed by atoms with Crippen molar-refractivity contribution in [2.45, 2.75) is 39.2 Å². The molecule has 1 N–H and O–H groups in total. The molecule has 0 fully saturated rings. The molecule has 2 heterocycles. The van der Waals surface area contributed by atoms with E-state index >= 15 is 0 Å². The van der Waals surface area contributed by atoms with Crippen molar-refractivity contribution in [2.24, 2.45) is 0 Å². The molecule has 0 aliphatic rings. The minimum Gasteiger partial charge on any atom is -0.493 e. The lowest BCUT2D eigenvalue weighted by atomic mass is 9.87. The van der Waals surface area contributed by atoms with Crippen molar-refractivity contribution in [3.05, 3.63) is 72.2 Å². The molecule has 28 heavy (non-hydrogen) atoms. The van der Waals surface area contributed by atoms with Gasteiger partial charge in [-0.3, -0.25) is 9.78 Å². The fourth-order valence-corrected chi connectivity index (χ4v) is 2.74. The first-order valence-electron chi connectivity index (χ1n) is 9.36. The molecule has 0 saturated carbocycles. The summed E-state index contributed by atoms with van der Waals surface area (Å²) >= 11 is 0. The average Bonchev–Trinajstić information content (AvgIpc) is 3.09. The molecule has 0 radical (unpaired) electrons. The third-order valence-electron chi connectivity index (χ3n) is 4.38. The summed E-state index contributed by atoms with van der Waals surface area (Å²) in [7, 11) is 0. The van der Waals surface area contributed by atoms with Crippen molar-refractivity contribution in [2.75, 3.05) is 11.9 Å². The monoisotopic (exact) mass is 378 g/mol. The Morgan fingerprint density at radius 1 is 1.04 bits per heavy atom. The lowest BCUT2D eigenvalue weighted by Gasteiger charge is -2.19. The highest BCUT2D eigenvalue weighted by molar-refractivity contribution is 5.89. The van der Waals surface area contributed by atoms with Gasteiger partial charge in [0.1, 0.15) is 11.6 Å². The maximum Gasteiger partial charge on any atom is 0.228 e. The van der Waals surface area contributed by atoms with Crippen LogP contribution in [0, 0.1) is 0 Å². The summed E-state index contributed by atoms with van der Waals surface area (Å²) in [6.07, 6.45) is 5.41. The fourth-order valence-electron chi connectivity index (χ4n) is 2.74. The predicted octanol–water partition coefficient (Wildman–Crippen LogP) is 4.03. The number of pyridine rings is 1. The van der Waals surface area contributed by atoms with E-state index in [1.807, 2.05) is 24.3 Å². The zero-order chi connectivity index (χ0) is 20.0. The van der Waals surface area contributed by atoms with Gasteiger partial charge in [-0.2, -0.15) is 5.10 Å². The molecular formula is C22H26N4O2. The number of anilines is 1. The molecule has 1 amide bonds. The number of aromatic nitrogens is 3. The molecule has 0 aliphatic carbocycles. The highest BCUT2D eigenvalue weighted by atomic mass is 16.5. The van der Waals surface area contributed by atoms with Crippen LogP contribution in [0.25, 0.3) is 0 Å². The zero-order valence-corrected chi connectivity index (χ0v) is 16.6. The summed E-state index contributed by atoms with van der Waals surface area (Å²) in [5.41, 5.74) is 2.42. The van der Waals surface area contributed by atoms with Gasteiger partial charge in [0, 0.05) is 18.5 Å². The van der Waals surface area contributed by atoms with Crippen molar-refractivity contribution in [3.63, 3.8) is 0 Å². The normalized spacial score (nSPS) is 11.2. The van der Waals surface area contributed by atoms with E-state index in [1.165, 1.54) is 5.56 Å². The quantitative estimate of drug-likeness (QED) is 0.674. The van der Waals surface area contributed by atoms with Crippen LogP contribution in [0.4, 0.5) is 5.82 Å². The third-order valence-corrected chi connectivity index (χ3v) is 4.38. The van der Waals surface area contributed by atoms with Crippen LogP contribution in [-0.4, -0.2) is 27.3 Å². The van der Waals surface area contributed by atoms with Crippen molar-refractivity contribution in [1.82, 2.24) is 14.8 Å². The Labute approximate surface area is 165 Å². The number of carbonyl (C=O) groups excluding carboxylic acids is 1. The summed E-state index contributed by atoms with van der Waals surface area (Å²) in [6, 6.07) is 13.6. The van der Waals surface area contributed by atoms with Crippen LogP contribution in [-0.2, 0) is 16.8 Å². The molecule has 0 saturated heterocycles. The van der Waals surface area contributed by atoms with Crippen LogP contribution in [0.3, 0.4) is 0 Å². The van der Waals surface area contributed by atoms with Crippen molar-refractivity contribution in [1.29, 1.82) is 0 Å². The first-order chi connectivity index (χ1) is 13.4. The van der Waals surface area contributed by atoms with Gasteiger partial charge < -0.3 is 10.1 Å². The number of nitrogens with zero attached hydrogens (tertiary/aromatic N) is 3. The Kier molecular flexibility index (Phi) is 6.09. The molecule has 0 unspecified atom stereocenters. The summed E-state index contributed by atoms with van der Waals surface area (Å²) in [5, 5.41) is 7.16. The van der Waals surface area contributed by atoms with Crippen LogP contribution in [0.15, 0.2) is 61.1 Å². The van der Waals surface area contributed by atoms with E-state index < -0.39 is 0 Å². The largest absolute Gasteiger partial charge is 0.493 e. The van der Waals surface area contributed by atoms with Gasteiger partial charge in [0.2, 0.25) is 5.91 Å². The number of rotatable bonds is 7. The SMILES string of the molecule is CC(C)(C)c1ccc(OCCC(=O)Nc2ccnn2Cc2ccncc2)cc1. The van der Waals surface area contributed by atoms with E-state index in [0.717, 1.165) is 11.3 Å². The molecule has 3 aromatic rings. The van der Waals surface area contributed by atoms with E-state index in [-0.39, 0.29) is 17.7 Å². The number of carbonyl (C=O) groups is 1. The molecule has 0 aliphatic heterocycles. The molecule has 0 bridgehead atoms. The van der Waals surface area contributed by atoms with Gasteiger partial charge in [-0.05, 0) is 40.8 Å². The summed E-state index contributed by atoms with van der Waals surface area (Å²) in [4.78, 5) is 16.3. The smallest absolute Gasteiger partial charge is 0.228 e. The Morgan fingerprint density at radius 3 is 2.43 bits per heavy atom. The number of benzene rings is 1. The van der Waals surface area contributed by atoms with E-state index in [2.05, 4.69) is 48.3 Å². The second-order valence-corrected chi connectivity index (χ2v) is 7.65. The fraction of sp³-hybridized carbons (Fsp3) is 0.318. The van der Waals surface area contributed by atoms with Crippen LogP contribution in [0.5, 0.6) is 5.75 Å². The third kappa shape index (κ3) is 5.42. The van der Waals surface area contributed by atoms with Gasteiger partial charge in [-0.1, -0.05) is 32.9 Å². The summed E-state index contributed by atoms with van der Waals surface area (Å²) < 4.78 is 7.45. The number of hydrogen-bond donors (Lipinski definition) is 1. The van der Waals surface area contributed by atoms with Gasteiger partial charge in [-0.25, -0.2) is 4.68 Å². The second kappa shape index (κ2) is 8.69. The van der Waals surface area contributed by atoms with Crippen LogP contribution in [0.2, 0.25) is 0 Å². The minimum absolute atomic E-state index is 0.109. The molecule has 146 valence electrons. The molecule has 3 rings (SSSR count). The Hall–Kier alpha value is -3.15. The molecule has 2 aromatic heterocycles. The van der Waals surface area contributed by atoms with Gasteiger partial charge in [0.15, 0.2) is 0 Å². The maximum absolute atomic E-state index is 12.2. The van der Waals surface area contributed by atoms with Crippen LogP contribution < -0.4 is 10.1 Å². The van der Waals surface area contributed by atoms with Crippen molar-refractivity contribution >= 4 is 11.7 Å². The lowest BCUT2D eigenvalue weighted by Crippen LogP contribution is -2.18. The Balaban J connectivity index is 1.48. The highest BCUT2D eigenvalue weighted by Gasteiger charge is 2.13. The summed E-state index contributed by atoms with van der Waals surface area (Å²) in [6.45, 7) is 7.41. The molecule has 0 spiro atoms. The van der Waals surface area contributed by atoms with Gasteiger partial charge in [0.05, 0.1) is 25.8 Å². The van der Waals surface area contributed by atoms with Crippen LogP contribution in [0.1, 0.15) is 38.3 Å². The van der Waals surface area contributed by atoms with Crippen LogP contribution >= 0.6 is 0 Å². The first kappa shape index (κ1) is 19.6. The number of nitrogens with one attached hydrogen (secondary N) is 1. The standard InChI is InChI=1S/C22H26N4O2/c1-22(2,3)18-4-6-19(7-5-18)28-15-11-21(27)25-20-10-14-24-26(20)16-17-8-12-23-13-9-17/h4-10,12-14H,11,15-16H2,1-3H3,(H,25,27). The van der Waals surface area contributed by atoms with E-state index in [0.29, 0.717) is 19.0 Å². The van der Waals surface area contributed by atoms with Gasteiger partial charge >= 0.3 is 0 Å². The highest BCUT2D eigenvalue weighted by Crippen LogP contribution is 2.24. The Bertz CT molecular complexity index is 896. The predicted molar refractivity (Wildman–Crippen MR) is 109 cm³/mol.